The number of nitrogens with one attached hydrogen (secondary N) is 1. The number of rotatable bonds is 2. The maximum absolute atomic E-state index is 12.5. The Bertz CT molecular complexity index is 544. The summed E-state index contributed by atoms with van der Waals surface area (Å²) >= 11 is 0. The number of benzene rings is 1. The van der Waals surface area contributed by atoms with E-state index in [1.807, 2.05) is 38.1 Å². The van der Waals surface area contributed by atoms with E-state index in [1.165, 1.54) is 0 Å². The first-order chi connectivity index (χ1) is 10.4. The minimum atomic E-state index is -0.534. The lowest BCUT2D eigenvalue weighted by Gasteiger charge is -2.38. The lowest BCUT2D eigenvalue weighted by atomic mass is 9.97. The van der Waals surface area contributed by atoms with Crippen molar-refractivity contribution in [2.75, 3.05) is 5.32 Å². The van der Waals surface area contributed by atoms with Gasteiger partial charge in [0.25, 0.3) is 0 Å². The number of piperidine rings is 1. The molecule has 1 aromatic carbocycles. The van der Waals surface area contributed by atoms with Crippen molar-refractivity contribution in [1.82, 2.24) is 4.90 Å². The minimum Gasteiger partial charge on any atom is -0.329 e. The highest BCUT2D eigenvalue weighted by molar-refractivity contribution is 6.39. The molecule has 1 aliphatic heterocycles. The first kappa shape index (κ1) is 16.5. The van der Waals surface area contributed by atoms with Crippen molar-refractivity contribution in [3.05, 3.63) is 29.8 Å². The average molecular weight is 302 g/mol. The van der Waals surface area contributed by atoms with Crippen LogP contribution in [0.1, 0.15) is 58.4 Å². The standard InChI is InChI=1S/C18H26N2O2/c1-12(2)15-10-5-6-11-16(15)19-17(21)18(22)20-13(3)8-7-9-14(20)4/h5-6,10-14H,7-9H2,1-4H3,(H,19,21). The number of carbonyl (C=O) groups excluding carboxylic acids is 2. The molecule has 1 aliphatic rings. The first-order valence-electron chi connectivity index (χ1n) is 8.14. The zero-order chi connectivity index (χ0) is 16.3. The molecule has 2 atom stereocenters. The molecule has 0 spiro atoms. The number of amides is 2. The fourth-order valence-electron chi connectivity index (χ4n) is 3.23. The Morgan fingerprint density at radius 1 is 1.14 bits per heavy atom. The molecule has 4 nitrogen and oxygen atoms in total. The Balaban J connectivity index is 2.13. The molecule has 120 valence electrons. The summed E-state index contributed by atoms with van der Waals surface area (Å²) in [5, 5.41) is 2.80. The largest absolute Gasteiger partial charge is 0.329 e. The lowest BCUT2D eigenvalue weighted by Crippen LogP contribution is -2.51. The number of anilines is 1. The van der Waals surface area contributed by atoms with Crippen LogP contribution in [0.3, 0.4) is 0 Å². The fraction of sp³-hybridized carbons (Fsp3) is 0.556. The SMILES string of the molecule is CC(C)c1ccccc1NC(=O)C(=O)N1C(C)CCCC1C. The van der Waals surface area contributed by atoms with Gasteiger partial charge in [-0.2, -0.15) is 0 Å². The van der Waals surface area contributed by atoms with Crippen LogP contribution in [0.25, 0.3) is 0 Å². The van der Waals surface area contributed by atoms with Gasteiger partial charge in [-0.1, -0.05) is 32.0 Å². The normalized spacial score (nSPS) is 21.8. The molecule has 1 N–H and O–H groups in total. The second-order valence-corrected chi connectivity index (χ2v) is 6.54. The zero-order valence-electron chi connectivity index (χ0n) is 13.9. The van der Waals surface area contributed by atoms with Gasteiger partial charge in [-0.15, -0.1) is 0 Å². The topological polar surface area (TPSA) is 49.4 Å². The van der Waals surface area contributed by atoms with Crippen molar-refractivity contribution in [2.24, 2.45) is 0 Å². The van der Waals surface area contributed by atoms with Gasteiger partial charge in [-0.05, 0) is 50.7 Å². The second-order valence-electron chi connectivity index (χ2n) is 6.54. The van der Waals surface area contributed by atoms with Gasteiger partial charge in [-0.3, -0.25) is 9.59 Å². The van der Waals surface area contributed by atoms with Gasteiger partial charge in [0.05, 0.1) is 0 Å². The monoisotopic (exact) mass is 302 g/mol. The molecule has 2 amide bonds. The summed E-state index contributed by atoms with van der Waals surface area (Å²) in [5.41, 5.74) is 1.77. The number of hydrogen-bond donors (Lipinski definition) is 1. The predicted molar refractivity (Wildman–Crippen MR) is 88.8 cm³/mol. The van der Waals surface area contributed by atoms with Gasteiger partial charge in [0.15, 0.2) is 0 Å². The fourth-order valence-corrected chi connectivity index (χ4v) is 3.23. The molecule has 0 bridgehead atoms. The smallest absolute Gasteiger partial charge is 0.313 e. The van der Waals surface area contributed by atoms with Gasteiger partial charge < -0.3 is 10.2 Å². The highest BCUT2D eigenvalue weighted by Crippen LogP contribution is 2.25. The van der Waals surface area contributed by atoms with E-state index in [4.69, 9.17) is 0 Å². The molecule has 0 aliphatic carbocycles. The summed E-state index contributed by atoms with van der Waals surface area (Å²) < 4.78 is 0. The van der Waals surface area contributed by atoms with Crippen LogP contribution in [0.5, 0.6) is 0 Å². The zero-order valence-corrected chi connectivity index (χ0v) is 13.9. The predicted octanol–water partition coefficient (Wildman–Crippen LogP) is 3.54. The van der Waals surface area contributed by atoms with Crippen molar-refractivity contribution < 1.29 is 9.59 Å². The maximum atomic E-state index is 12.5. The molecule has 4 heteroatoms. The Hall–Kier alpha value is -1.84. The third kappa shape index (κ3) is 3.49. The van der Waals surface area contributed by atoms with Crippen molar-refractivity contribution in [1.29, 1.82) is 0 Å². The highest BCUT2D eigenvalue weighted by atomic mass is 16.2. The molecule has 0 radical (unpaired) electrons. The number of para-hydroxylation sites is 1. The van der Waals surface area contributed by atoms with Crippen LogP contribution in [0.2, 0.25) is 0 Å². The molecule has 2 unspecified atom stereocenters. The molecule has 0 aromatic heterocycles. The molecular formula is C18H26N2O2. The Morgan fingerprint density at radius 3 is 2.32 bits per heavy atom. The van der Waals surface area contributed by atoms with Gasteiger partial charge >= 0.3 is 11.8 Å². The van der Waals surface area contributed by atoms with Crippen LogP contribution in [0.4, 0.5) is 5.69 Å². The average Bonchev–Trinajstić information content (AvgIpc) is 2.47. The second kappa shape index (κ2) is 6.95. The van der Waals surface area contributed by atoms with Gasteiger partial charge in [0, 0.05) is 17.8 Å². The van der Waals surface area contributed by atoms with Gasteiger partial charge in [0.1, 0.15) is 0 Å². The molecular weight excluding hydrogens is 276 g/mol. The van der Waals surface area contributed by atoms with Crippen molar-refractivity contribution in [2.45, 2.75) is 65.0 Å². The van der Waals surface area contributed by atoms with Crippen LogP contribution in [-0.2, 0) is 9.59 Å². The maximum Gasteiger partial charge on any atom is 0.313 e. The molecule has 1 heterocycles. The summed E-state index contributed by atoms with van der Waals surface area (Å²) in [6.07, 6.45) is 3.04. The van der Waals surface area contributed by atoms with E-state index in [2.05, 4.69) is 19.2 Å². The summed E-state index contributed by atoms with van der Waals surface area (Å²) in [5.74, 6) is -0.661. The van der Waals surface area contributed by atoms with Gasteiger partial charge in [-0.25, -0.2) is 0 Å². The third-order valence-electron chi connectivity index (χ3n) is 4.45. The number of nitrogens with zero attached hydrogens (tertiary/aromatic N) is 1. The highest BCUT2D eigenvalue weighted by Gasteiger charge is 2.32. The van der Waals surface area contributed by atoms with E-state index in [-0.39, 0.29) is 12.1 Å². The Kier molecular flexibility index (Phi) is 5.22. The van der Waals surface area contributed by atoms with E-state index >= 15 is 0 Å². The van der Waals surface area contributed by atoms with E-state index in [0.717, 1.165) is 30.5 Å². The molecule has 1 fully saturated rings. The third-order valence-corrected chi connectivity index (χ3v) is 4.45. The number of carbonyl (C=O) groups is 2. The van der Waals surface area contributed by atoms with E-state index in [9.17, 15) is 9.59 Å². The Labute approximate surface area is 132 Å². The number of likely N-dealkylation sites (tertiary alicyclic amines) is 1. The first-order valence-corrected chi connectivity index (χ1v) is 8.14. The van der Waals surface area contributed by atoms with E-state index < -0.39 is 11.8 Å². The van der Waals surface area contributed by atoms with Crippen molar-refractivity contribution in [3.8, 4) is 0 Å². The van der Waals surface area contributed by atoms with Crippen LogP contribution in [0, 0.1) is 0 Å². The number of hydrogen-bond acceptors (Lipinski definition) is 2. The molecule has 2 rings (SSSR count). The van der Waals surface area contributed by atoms with Crippen LogP contribution in [-0.4, -0.2) is 28.8 Å². The lowest BCUT2D eigenvalue weighted by molar-refractivity contribution is -0.147. The van der Waals surface area contributed by atoms with Gasteiger partial charge in [0.2, 0.25) is 0 Å². The van der Waals surface area contributed by atoms with Crippen LogP contribution < -0.4 is 5.32 Å². The molecule has 22 heavy (non-hydrogen) atoms. The summed E-state index contributed by atoms with van der Waals surface area (Å²) in [6.45, 7) is 8.18. The Morgan fingerprint density at radius 2 is 1.73 bits per heavy atom. The summed E-state index contributed by atoms with van der Waals surface area (Å²) in [4.78, 5) is 26.6. The van der Waals surface area contributed by atoms with Crippen LogP contribution >= 0.6 is 0 Å². The summed E-state index contributed by atoms with van der Waals surface area (Å²) in [6, 6.07) is 7.91. The van der Waals surface area contributed by atoms with E-state index in [1.54, 1.807) is 4.90 Å². The van der Waals surface area contributed by atoms with E-state index in [0.29, 0.717) is 5.92 Å². The van der Waals surface area contributed by atoms with Crippen molar-refractivity contribution in [3.63, 3.8) is 0 Å². The van der Waals surface area contributed by atoms with Crippen molar-refractivity contribution >= 4 is 17.5 Å². The van der Waals surface area contributed by atoms with Crippen LogP contribution in [0.15, 0.2) is 24.3 Å². The minimum absolute atomic E-state index is 0.127. The quantitative estimate of drug-likeness (QED) is 0.850. The summed E-state index contributed by atoms with van der Waals surface area (Å²) in [7, 11) is 0. The molecule has 1 aromatic rings. The molecule has 0 saturated carbocycles. The molecule has 1 saturated heterocycles.